The van der Waals surface area contributed by atoms with Crippen LogP contribution in [0.4, 0.5) is 11.4 Å². The van der Waals surface area contributed by atoms with Crippen LogP contribution in [0.2, 0.25) is 0 Å². The van der Waals surface area contributed by atoms with Crippen molar-refractivity contribution in [1.82, 2.24) is 0 Å². The molecular formula is C31H26N2O2S. The van der Waals surface area contributed by atoms with E-state index in [1.807, 2.05) is 95.2 Å². The molecule has 1 amide bonds. The minimum absolute atomic E-state index is 0.0272. The highest BCUT2D eigenvalue weighted by molar-refractivity contribution is 7.10. The molecule has 178 valence electrons. The van der Waals surface area contributed by atoms with Crippen molar-refractivity contribution < 1.29 is 9.59 Å². The van der Waals surface area contributed by atoms with Crippen LogP contribution >= 0.6 is 11.3 Å². The fourth-order valence-corrected chi connectivity index (χ4v) is 6.22. The summed E-state index contributed by atoms with van der Waals surface area (Å²) in [6.07, 6.45) is 1.42. The zero-order valence-electron chi connectivity index (χ0n) is 19.8. The number of carbonyl (C=O) groups is 2. The first kappa shape index (κ1) is 22.5. The Morgan fingerprint density at radius 1 is 0.861 bits per heavy atom. The van der Waals surface area contributed by atoms with Gasteiger partial charge in [0, 0.05) is 22.6 Å². The number of rotatable bonds is 4. The van der Waals surface area contributed by atoms with E-state index in [9.17, 15) is 9.59 Å². The number of thiophene rings is 1. The lowest BCUT2D eigenvalue weighted by Crippen LogP contribution is -2.39. The van der Waals surface area contributed by atoms with Crippen LogP contribution in [0.1, 0.15) is 40.8 Å². The van der Waals surface area contributed by atoms with Crippen LogP contribution in [0.15, 0.2) is 114 Å². The Kier molecular flexibility index (Phi) is 5.99. The van der Waals surface area contributed by atoms with Gasteiger partial charge in [-0.1, -0.05) is 78.9 Å². The number of ketones is 1. The number of hydrogen-bond acceptors (Lipinski definition) is 4. The molecule has 0 unspecified atom stereocenters. The van der Waals surface area contributed by atoms with Crippen molar-refractivity contribution >= 4 is 34.4 Å². The average Bonchev–Trinajstić information content (AvgIpc) is 3.39. The minimum atomic E-state index is -0.461. The third-order valence-electron chi connectivity index (χ3n) is 7.04. The van der Waals surface area contributed by atoms with E-state index in [1.165, 1.54) is 5.56 Å². The van der Waals surface area contributed by atoms with Crippen LogP contribution in [0, 0.1) is 0 Å². The van der Waals surface area contributed by atoms with Gasteiger partial charge in [0.2, 0.25) is 5.91 Å². The highest BCUT2D eigenvalue weighted by Crippen LogP contribution is 2.48. The Labute approximate surface area is 214 Å². The summed E-state index contributed by atoms with van der Waals surface area (Å²) >= 11 is 1.59. The minimum Gasteiger partial charge on any atom is -0.357 e. The summed E-state index contributed by atoms with van der Waals surface area (Å²) in [7, 11) is 0. The third-order valence-corrected chi connectivity index (χ3v) is 7.96. The number of para-hydroxylation sites is 2. The lowest BCUT2D eigenvalue weighted by molar-refractivity contribution is -0.118. The summed E-state index contributed by atoms with van der Waals surface area (Å²) in [5.74, 6) is 0.176. The van der Waals surface area contributed by atoms with Crippen molar-refractivity contribution in [2.75, 3.05) is 10.2 Å². The molecule has 1 aromatic heterocycles. The second-order valence-electron chi connectivity index (χ2n) is 9.32. The molecule has 4 nitrogen and oxygen atoms in total. The number of nitrogens with zero attached hydrogens (tertiary/aromatic N) is 1. The average molecular weight is 491 g/mol. The smallest absolute Gasteiger partial charge is 0.232 e. The summed E-state index contributed by atoms with van der Waals surface area (Å²) in [4.78, 5) is 30.8. The Hall–Kier alpha value is -3.96. The highest BCUT2D eigenvalue weighted by atomic mass is 32.1. The lowest BCUT2D eigenvalue weighted by atomic mass is 9.79. The molecule has 0 radical (unpaired) electrons. The van der Waals surface area contributed by atoms with Gasteiger partial charge >= 0.3 is 0 Å². The molecule has 4 aromatic rings. The number of benzene rings is 3. The SMILES string of the molecule is O=C1C[C@H](c2ccccc2)CC2=C1[C@H](c1cccs1)N(C(=O)Cc1ccccc1)c1ccccc1N2. The molecule has 2 heterocycles. The van der Waals surface area contributed by atoms with Gasteiger partial charge in [0.05, 0.1) is 17.8 Å². The fourth-order valence-electron chi connectivity index (χ4n) is 5.40. The standard InChI is InChI=1S/C31H26N2O2S/c34-27-20-23(22-12-5-2-6-13-22)19-25-30(27)31(28-16-9-17-36-28)33(26-15-8-7-14-24(26)32-25)29(35)18-21-10-3-1-4-11-21/h1-17,23,31-32H,18-20H2/t23-,31+/m1/s1. The molecule has 2 atom stereocenters. The fraction of sp³-hybridized carbons (Fsp3) is 0.161. The number of carbonyl (C=O) groups excluding carboxylic acids is 2. The van der Waals surface area contributed by atoms with Gasteiger partial charge in [-0.15, -0.1) is 11.3 Å². The predicted octanol–water partition coefficient (Wildman–Crippen LogP) is 6.89. The molecule has 5 heteroatoms. The van der Waals surface area contributed by atoms with Crippen molar-refractivity contribution in [3.8, 4) is 0 Å². The van der Waals surface area contributed by atoms with E-state index in [2.05, 4.69) is 17.4 Å². The molecule has 0 saturated carbocycles. The summed E-state index contributed by atoms with van der Waals surface area (Å²) in [5, 5.41) is 5.62. The predicted molar refractivity (Wildman–Crippen MR) is 145 cm³/mol. The molecule has 0 saturated heterocycles. The van der Waals surface area contributed by atoms with Crippen LogP contribution in [-0.4, -0.2) is 11.7 Å². The second kappa shape index (κ2) is 9.59. The van der Waals surface area contributed by atoms with E-state index in [-0.39, 0.29) is 24.0 Å². The van der Waals surface area contributed by atoms with E-state index in [0.717, 1.165) is 33.9 Å². The van der Waals surface area contributed by atoms with Crippen LogP contribution < -0.4 is 10.2 Å². The molecule has 3 aromatic carbocycles. The Bertz CT molecular complexity index is 1430. The molecule has 36 heavy (non-hydrogen) atoms. The first-order valence-electron chi connectivity index (χ1n) is 12.3. The number of amides is 1. The van der Waals surface area contributed by atoms with Crippen LogP contribution in [0.5, 0.6) is 0 Å². The number of Topliss-reactive ketones (excluding diaryl/α,β-unsaturated/α-hetero) is 1. The first-order valence-corrected chi connectivity index (χ1v) is 13.1. The number of hydrogen-bond donors (Lipinski definition) is 1. The van der Waals surface area contributed by atoms with Gasteiger partial charge in [0.1, 0.15) is 6.04 Å². The van der Waals surface area contributed by atoms with Crippen LogP contribution in [-0.2, 0) is 16.0 Å². The van der Waals surface area contributed by atoms with E-state index >= 15 is 0 Å². The van der Waals surface area contributed by atoms with E-state index in [1.54, 1.807) is 11.3 Å². The summed E-state index contributed by atoms with van der Waals surface area (Å²) < 4.78 is 0. The Morgan fingerprint density at radius 3 is 2.33 bits per heavy atom. The van der Waals surface area contributed by atoms with E-state index < -0.39 is 6.04 Å². The van der Waals surface area contributed by atoms with E-state index in [0.29, 0.717) is 12.0 Å². The third kappa shape index (κ3) is 4.16. The quantitative estimate of drug-likeness (QED) is 0.339. The van der Waals surface area contributed by atoms with Crippen molar-refractivity contribution in [1.29, 1.82) is 0 Å². The topological polar surface area (TPSA) is 49.4 Å². The molecular weight excluding hydrogens is 464 g/mol. The maximum absolute atomic E-state index is 14.0. The molecule has 1 N–H and O–H groups in total. The number of fused-ring (bicyclic) bond motifs is 1. The summed E-state index contributed by atoms with van der Waals surface area (Å²) in [6.45, 7) is 0. The maximum atomic E-state index is 14.0. The molecule has 0 spiro atoms. The normalized spacial score (nSPS) is 19.2. The molecule has 0 bridgehead atoms. The van der Waals surface area contributed by atoms with Gasteiger partial charge in [-0.05, 0) is 47.0 Å². The van der Waals surface area contributed by atoms with Gasteiger partial charge in [0.15, 0.2) is 5.78 Å². The molecule has 2 aliphatic rings. The van der Waals surface area contributed by atoms with Gasteiger partial charge in [0.25, 0.3) is 0 Å². The van der Waals surface area contributed by atoms with Crippen LogP contribution in [0.3, 0.4) is 0 Å². The summed E-state index contributed by atoms with van der Waals surface area (Å²) in [6, 6.07) is 31.5. The van der Waals surface area contributed by atoms with E-state index in [4.69, 9.17) is 0 Å². The molecule has 1 aliphatic carbocycles. The molecule has 6 rings (SSSR count). The zero-order valence-corrected chi connectivity index (χ0v) is 20.6. The highest BCUT2D eigenvalue weighted by Gasteiger charge is 2.41. The monoisotopic (exact) mass is 490 g/mol. The molecule has 0 fully saturated rings. The lowest BCUT2D eigenvalue weighted by Gasteiger charge is -2.34. The van der Waals surface area contributed by atoms with Gasteiger partial charge in [-0.3, -0.25) is 14.5 Å². The molecule has 1 aliphatic heterocycles. The van der Waals surface area contributed by atoms with Gasteiger partial charge in [-0.25, -0.2) is 0 Å². The largest absolute Gasteiger partial charge is 0.357 e. The maximum Gasteiger partial charge on any atom is 0.232 e. The van der Waals surface area contributed by atoms with Crippen molar-refractivity contribution in [3.05, 3.63) is 130 Å². The number of nitrogens with one attached hydrogen (secondary N) is 1. The van der Waals surface area contributed by atoms with Gasteiger partial charge in [-0.2, -0.15) is 0 Å². The Morgan fingerprint density at radius 2 is 1.58 bits per heavy atom. The van der Waals surface area contributed by atoms with Crippen molar-refractivity contribution in [2.24, 2.45) is 0 Å². The second-order valence-corrected chi connectivity index (χ2v) is 10.3. The van der Waals surface area contributed by atoms with Crippen molar-refractivity contribution in [2.45, 2.75) is 31.2 Å². The summed E-state index contributed by atoms with van der Waals surface area (Å²) in [5.41, 5.74) is 5.40. The first-order chi connectivity index (χ1) is 17.7. The zero-order chi connectivity index (χ0) is 24.5. The van der Waals surface area contributed by atoms with Crippen molar-refractivity contribution in [3.63, 3.8) is 0 Å². The number of allylic oxidation sites excluding steroid dienone is 1. The van der Waals surface area contributed by atoms with Crippen LogP contribution in [0.25, 0.3) is 0 Å². The van der Waals surface area contributed by atoms with Gasteiger partial charge < -0.3 is 5.32 Å². The number of anilines is 2. The Balaban J connectivity index is 1.50.